The van der Waals surface area contributed by atoms with Crippen LogP contribution < -0.4 is 20.9 Å². The van der Waals surface area contributed by atoms with Crippen LogP contribution in [0, 0.1) is 13.8 Å². The first-order valence-electron chi connectivity index (χ1n) is 12.9. The summed E-state index contributed by atoms with van der Waals surface area (Å²) in [6.45, 7) is 6.56. The number of methoxy groups -OCH3 is 1. The summed E-state index contributed by atoms with van der Waals surface area (Å²) in [6.07, 6.45) is 3.69. The second-order valence-electron chi connectivity index (χ2n) is 10.0. The van der Waals surface area contributed by atoms with Gasteiger partial charge in [-0.05, 0) is 47.7 Å². The Morgan fingerprint density at radius 1 is 1.05 bits per heavy atom. The maximum absolute atomic E-state index is 13.3. The van der Waals surface area contributed by atoms with Crippen LogP contribution in [0.4, 0.5) is 0 Å². The Morgan fingerprint density at radius 3 is 2.44 bits per heavy atom. The van der Waals surface area contributed by atoms with E-state index < -0.39 is 0 Å². The SMILES string of the molecule is COc1ccc(C)c(CNC(=O)c2cn(Cc3ccc(Cn4cc(C)ccc4=O)cc3)nc2C2COC2)c1P. The first-order valence-corrected chi connectivity index (χ1v) is 13.5. The molecule has 1 aliphatic heterocycles. The summed E-state index contributed by atoms with van der Waals surface area (Å²) >= 11 is 0. The average Bonchev–Trinajstić information content (AvgIpc) is 3.29. The molecule has 8 nitrogen and oxygen atoms in total. The summed E-state index contributed by atoms with van der Waals surface area (Å²) in [7, 11) is 4.36. The lowest BCUT2D eigenvalue weighted by molar-refractivity contribution is 0.00620. The van der Waals surface area contributed by atoms with Crippen LogP contribution in [-0.4, -0.2) is 40.6 Å². The van der Waals surface area contributed by atoms with Crippen molar-refractivity contribution in [3.05, 3.63) is 110 Å². The molecule has 2 aromatic heterocycles. The lowest BCUT2D eigenvalue weighted by Crippen LogP contribution is -2.30. The summed E-state index contributed by atoms with van der Waals surface area (Å²) < 4.78 is 14.4. The van der Waals surface area contributed by atoms with E-state index in [-0.39, 0.29) is 17.4 Å². The van der Waals surface area contributed by atoms with E-state index in [1.807, 2.05) is 73.4 Å². The smallest absolute Gasteiger partial charge is 0.255 e. The number of benzene rings is 2. The number of nitrogens with one attached hydrogen (secondary N) is 1. The number of rotatable bonds is 9. The molecule has 4 aromatic rings. The van der Waals surface area contributed by atoms with Crippen LogP contribution in [0.15, 0.2) is 65.7 Å². The highest BCUT2D eigenvalue weighted by Crippen LogP contribution is 2.26. The molecule has 2 aromatic carbocycles. The van der Waals surface area contributed by atoms with Crippen molar-refractivity contribution in [1.29, 1.82) is 0 Å². The summed E-state index contributed by atoms with van der Waals surface area (Å²) in [5, 5.41) is 8.80. The number of hydrogen-bond donors (Lipinski definition) is 1. The summed E-state index contributed by atoms with van der Waals surface area (Å²) in [6, 6.07) is 15.5. The van der Waals surface area contributed by atoms with Crippen molar-refractivity contribution in [2.45, 2.75) is 39.4 Å². The first-order chi connectivity index (χ1) is 18.8. The fraction of sp³-hybridized carbons (Fsp3) is 0.300. The third kappa shape index (κ3) is 5.97. The molecule has 9 heteroatoms. The third-order valence-electron chi connectivity index (χ3n) is 7.11. The molecule has 1 unspecified atom stereocenters. The van der Waals surface area contributed by atoms with Crippen LogP contribution in [0.25, 0.3) is 0 Å². The topological polar surface area (TPSA) is 87.4 Å². The number of hydrogen-bond acceptors (Lipinski definition) is 5. The number of aromatic nitrogens is 3. The number of amides is 1. The van der Waals surface area contributed by atoms with Crippen molar-refractivity contribution in [3.8, 4) is 5.75 Å². The van der Waals surface area contributed by atoms with Gasteiger partial charge in [-0.25, -0.2) is 0 Å². The van der Waals surface area contributed by atoms with E-state index in [0.29, 0.717) is 38.4 Å². The Balaban J connectivity index is 1.30. The second-order valence-corrected chi connectivity index (χ2v) is 10.6. The summed E-state index contributed by atoms with van der Waals surface area (Å²) in [4.78, 5) is 25.5. The molecule has 3 heterocycles. The second kappa shape index (κ2) is 11.6. The molecular formula is C30H33N4O4P. The Bertz CT molecular complexity index is 1550. The van der Waals surface area contributed by atoms with E-state index in [0.717, 1.165) is 44.6 Å². The fourth-order valence-corrected chi connectivity index (χ4v) is 5.27. The molecule has 0 aliphatic carbocycles. The van der Waals surface area contributed by atoms with Gasteiger partial charge < -0.3 is 19.4 Å². The molecular weight excluding hydrogens is 511 g/mol. The molecule has 39 heavy (non-hydrogen) atoms. The predicted octanol–water partition coefficient (Wildman–Crippen LogP) is 3.31. The van der Waals surface area contributed by atoms with Crippen molar-refractivity contribution in [2.75, 3.05) is 20.3 Å². The van der Waals surface area contributed by atoms with E-state index in [9.17, 15) is 9.59 Å². The fourth-order valence-electron chi connectivity index (χ4n) is 4.72. The van der Waals surface area contributed by atoms with E-state index in [2.05, 4.69) is 14.6 Å². The lowest BCUT2D eigenvalue weighted by Gasteiger charge is -2.25. The van der Waals surface area contributed by atoms with Crippen LogP contribution in [0.2, 0.25) is 0 Å². The average molecular weight is 545 g/mol. The molecule has 202 valence electrons. The van der Waals surface area contributed by atoms with Gasteiger partial charge in [0.25, 0.3) is 11.5 Å². The Kier molecular flexibility index (Phi) is 7.96. The van der Waals surface area contributed by atoms with Gasteiger partial charge in [-0.3, -0.25) is 14.3 Å². The molecule has 1 aliphatic rings. The van der Waals surface area contributed by atoms with E-state index in [1.54, 1.807) is 17.7 Å². The van der Waals surface area contributed by atoms with Gasteiger partial charge in [-0.15, -0.1) is 9.24 Å². The predicted molar refractivity (Wildman–Crippen MR) is 154 cm³/mol. The normalized spacial score (nSPS) is 13.2. The number of ether oxygens (including phenoxy) is 2. The van der Waals surface area contributed by atoms with Gasteiger partial charge in [-0.2, -0.15) is 5.10 Å². The van der Waals surface area contributed by atoms with Crippen molar-refractivity contribution in [1.82, 2.24) is 19.7 Å². The highest BCUT2D eigenvalue weighted by molar-refractivity contribution is 7.28. The molecule has 1 atom stereocenters. The van der Waals surface area contributed by atoms with Crippen molar-refractivity contribution < 1.29 is 14.3 Å². The molecule has 1 amide bonds. The molecule has 1 fully saturated rings. The largest absolute Gasteiger partial charge is 0.496 e. The molecule has 0 saturated carbocycles. The lowest BCUT2D eigenvalue weighted by atomic mass is 10.00. The van der Waals surface area contributed by atoms with Gasteiger partial charge >= 0.3 is 0 Å². The monoisotopic (exact) mass is 544 g/mol. The van der Waals surface area contributed by atoms with Crippen molar-refractivity contribution in [2.24, 2.45) is 0 Å². The molecule has 0 radical (unpaired) electrons. The highest BCUT2D eigenvalue weighted by Gasteiger charge is 2.29. The first kappa shape index (κ1) is 26.9. The Labute approximate surface area is 230 Å². The van der Waals surface area contributed by atoms with Gasteiger partial charge in [0.05, 0.1) is 50.6 Å². The van der Waals surface area contributed by atoms with Gasteiger partial charge in [-0.1, -0.05) is 36.4 Å². The molecule has 5 rings (SSSR count). The maximum Gasteiger partial charge on any atom is 0.255 e. The standard InChI is InChI=1S/C30H33N4O4P/c1-19-4-11-27(35)33(13-19)14-21-6-8-22(9-7-21)15-34-16-25(28(32-34)23-17-38-18-23)30(36)31-12-24-20(2)5-10-26(37-3)29(24)39/h4-11,13,16,23H,12,14-15,17-18,39H2,1-3H3,(H,31,36). The quantitative estimate of drug-likeness (QED) is 0.327. The van der Waals surface area contributed by atoms with Crippen molar-refractivity contribution >= 4 is 20.5 Å². The van der Waals surface area contributed by atoms with E-state index >= 15 is 0 Å². The summed E-state index contributed by atoms with van der Waals surface area (Å²) in [5.41, 5.74) is 6.57. The van der Waals surface area contributed by atoms with Crippen LogP contribution in [0.3, 0.4) is 0 Å². The number of carbonyl (C=O) groups is 1. The van der Waals surface area contributed by atoms with Gasteiger partial charge in [0.1, 0.15) is 5.75 Å². The number of nitrogens with zero attached hydrogens (tertiary/aromatic N) is 3. The zero-order chi connectivity index (χ0) is 27.5. The number of pyridine rings is 1. The van der Waals surface area contributed by atoms with Crippen LogP contribution in [0.1, 0.15) is 49.8 Å². The van der Waals surface area contributed by atoms with Crippen LogP contribution in [-0.2, 0) is 24.4 Å². The molecule has 0 bridgehead atoms. The number of aryl methyl sites for hydroxylation is 2. The Morgan fingerprint density at radius 2 is 1.77 bits per heavy atom. The minimum absolute atomic E-state index is 0.0185. The third-order valence-corrected chi connectivity index (χ3v) is 7.74. The molecule has 1 N–H and O–H groups in total. The van der Waals surface area contributed by atoms with E-state index in [4.69, 9.17) is 14.6 Å². The Hall–Kier alpha value is -3.74. The minimum atomic E-state index is -0.159. The molecule has 1 saturated heterocycles. The van der Waals surface area contributed by atoms with Crippen molar-refractivity contribution in [3.63, 3.8) is 0 Å². The highest BCUT2D eigenvalue weighted by atomic mass is 31.0. The zero-order valence-electron chi connectivity index (χ0n) is 22.4. The van der Waals surface area contributed by atoms with Gasteiger partial charge in [0.2, 0.25) is 0 Å². The van der Waals surface area contributed by atoms with Crippen LogP contribution in [0.5, 0.6) is 5.75 Å². The minimum Gasteiger partial charge on any atom is -0.496 e. The van der Waals surface area contributed by atoms with Gasteiger partial charge in [0.15, 0.2) is 0 Å². The van der Waals surface area contributed by atoms with E-state index in [1.165, 1.54) is 0 Å². The maximum atomic E-state index is 13.3. The van der Waals surface area contributed by atoms with Crippen LogP contribution >= 0.6 is 9.24 Å². The zero-order valence-corrected chi connectivity index (χ0v) is 23.6. The van der Waals surface area contributed by atoms with Gasteiger partial charge in [0, 0.05) is 30.3 Å². The summed E-state index contributed by atoms with van der Waals surface area (Å²) in [5.74, 6) is 0.721. The number of carbonyl (C=O) groups excluding carboxylic acids is 1. The molecule has 0 spiro atoms.